The van der Waals surface area contributed by atoms with Gasteiger partial charge in [0.25, 0.3) is 5.91 Å². The maximum atomic E-state index is 13.3. The Balaban J connectivity index is 0.788. The third-order valence-corrected chi connectivity index (χ3v) is 11.7. The Bertz CT molecular complexity index is 2050. The van der Waals surface area contributed by atoms with Crippen molar-refractivity contribution in [1.82, 2.24) is 34.8 Å². The van der Waals surface area contributed by atoms with Crippen molar-refractivity contribution in [3.63, 3.8) is 0 Å². The number of phenolic OH excluding ortho intramolecular Hbond substituents is 1. The number of phenols is 1. The summed E-state index contributed by atoms with van der Waals surface area (Å²) in [5, 5.41) is 29.4. The van der Waals surface area contributed by atoms with E-state index in [-0.39, 0.29) is 35.3 Å². The Morgan fingerprint density at radius 1 is 1.07 bits per heavy atom. The van der Waals surface area contributed by atoms with E-state index in [1.54, 1.807) is 12.1 Å². The van der Waals surface area contributed by atoms with Crippen LogP contribution in [-0.2, 0) is 33.8 Å². The first kappa shape index (κ1) is 41.6. The van der Waals surface area contributed by atoms with Gasteiger partial charge in [-0.2, -0.15) is 5.10 Å². The van der Waals surface area contributed by atoms with Gasteiger partial charge in [0.05, 0.1) is 50.0 Å². The number of hydrogen-bond donors (Lipinski definition) is 4. The second-order valence-electron chi connectivity index (χ2n) is 16.2. The molecular formula is C44H59N7O7. The number of pyridine rings is 1. The van der Waals surface area contributed by atoms with E-state index in [4.69, 9.17) is 9.47 Å². The van der Waals surface area contributed by atoms with Crippen molar-refractivity contribution in [2.75, 3.05) is 72.2 Å². The van der Waals surface area contributed by atoms with E-state index in [2.05, 4.69) is 44.6 Å². The van der Waals surface area contributed by atoms with E-state index >= 15 is 0 Å². The number of morpholine rings is 1. The highest BCUT2D eigenvalue weighted by atomic mass is 16.5. The van der Waals surface area contributed by atoms with Crippen LogP contribution >= 0.6 is 0 Å². The van der Waals surface area contributed by atoms with Crippen LogP contribution in [0.5, 0.6) is 5.75 Å². The molecule has 1 spiro atoms. The van der Waals surface area contributed by atoms with Crippen LogP contribution in [0.4, 0.5) is 0 Å². The lowest BCUT2D eigenvalue weighted by atomic mass is 9.89. The number of aliphatic hydroxyl groups is 1. The van der Waals surface area contributed by atoms with E-state index in [1.807, 2.05) is 33.7 Å². The van der Waals surface area contributed by atoms with Crippen molar-refractivity contribution in [2.24, 2.45) is 5.92 Å². The maximum Gasteiger partial charge on any atom is 0.274 e. The predicted molar refractivity (Wildman–Crippen MR) is 221 cm³/mol. The molecule has 1 saturated carbocycles. The van der Waals surface area contributed by atoms with Crippen molar-refractivity contribution in [3.05, 3.63) is 93.5 Å². The van der Waals surface area contributed by atoms with Crippen LogP contribution in [0.25, 0.3) is 10.9 Å². The number of nitrogens with one attached hydrogen (secondary N) is 2. The van der Waals surface area contributed by atoms with Gasteiger partial charge in [-0.25, -0.2) is 0 Å². The number of benzene rings is 2. The Morgan fingerprint density at radius 3 is 2.71 bits per heavy atom. The fourth-order valence-electron chi connectivity index (χ4n) is 8.24. The molecule has 1 atom stereocenters. The number of hydrogen-bond acceptors (Lipinski definition) is 10. The Labute approximate surface area is 340 Å². The number of fused-ring (bicyclic) bond motifs is 1. The lowest BCUT2D eigenvalue weighted by molar-refractivity contribution is -0.132. The van der Waals surface area contributed by atoms with Crippen molar-refractivity contribution >= 4 is 22.7 Å². The standard InChI is InChI=1S/C44H59N7O7/c1-2-18-49(22-17-45-28-39(53)35-8-10-38(52)42-36(35)9-11-40(54)46-42)41(55)14-25-57-24-13-32-4-3-5-34(27-32)29-48-20-15-44(16-21-48)31-50(23-26-58-44)43(56)37-12-19-51(47-37)30-33-6-7-33/h3-5,8-12,19,27,33,39,45,52-53H,2,6-7,13-18,20-26,28-31H2,1H3,(H,46,54)/t39-/m0/s1. The van der Waals surface area contributed by atoms with Gasteiger partial charge in [-0.1, -0.05) is 37.3 Å². The molecule has 2 saturated heterocycles. The normalized spacial score (nSPS) is 17.5. The average Bonchev–Trinajstić information content (AvgIpc) is 3.93. The van der Waals surface area contributed by atoms with Crippen molar-refractivity contribution in [2.45, 2.75) is 76.7 Å². The van der Waals surface area contributed by atoms with Gasteiger partial charge < -0.3 is 39.8 Å². The summed E-state index contributed by atoms with van der Waals surface area (Å²) in [6.45, 7) is 10.2. The van der Waals surface area contributed by atoms with E-state index in [1.165, 1.54) is 36.1 Å². The highest BCUT2D eigenvalue weighted by molar-refractivity contribution is 5.92. The van der Waals surface area contributed by atoms with Gasteiger partial charge in [0, 0.05) is 76.6 Å². The monoisotopic (exact) mass is 797 g/mol. The number of likely N-dealkylation sites (tertiary alicyclic amines) is 1. The van der Waals surface area contributed by atoms with Gasteiger partial charge in [-0.3, -0.25) is 24.0 Å². The third kappa shape index (κ3) is 10.9. The quantitative estimate of drug-likeness (QED) is 0.103. The van der Waals surface area contributed by atoms with Crippen LogP contribution < -0.4 is 10.9 Å². The number of rotatable bonds is 19. The number of aliphatic hydroxyl groups excluding tert-OH is 1. The van der Waals surface area contributed by atoms with Gasteiger partial charge in [0.15, 0.2) is 0 Å². The number of aromatic amines is 1. The van der Waals surface area contributed by atoms with Gasteiger partial charge in [0.1, 0.15) is 11.4 Å². The molecule has 14 heteroatoms. The zero-order valence-electron chi connectivity index (χ0n) is 33.7. The average molecular weight is 798 g/mol. The third-order valence-electron chi connectivity index (χ3n) is 11.7. The van der Waals surface area contributed by atoms with Crippen LogP contribution in [0.3, 0.4) is 0 Å². The molecule has 2 aliphatic heterocycles. The SMILES string of the molecule is CCCN(CCNC[C@H](O)c1ccc(O)c2[nH]c(=O)ccc12)C(=O)CCOCCc1cccc(CN2CCC3(CC2)CN(C(=O)c2ccn(CC4CC4)n2)CCO3)c1. The first-order valence-electron chi connectivity index (χ1n) is 21.0. The summed E-state index contributed by atoms with van der Waals surface area (Å²) < 4.78 is 14.2. The number of H-pyrrole nitrogens is 1. The van der Waals surface area contributed by atoms with Gasteiger partial charge in [0.2, 0.25) is 11.5 Å². The zero-order chi connectivity index (χ0) is 40.5. The molecule has 4 heterocycles. The summed E-state index contributed by atoms with van der Waals surface area (Å²) in [6, 6.07) is 16.6. The summed E-state index contributed by atoms with van der Waals surface area (Å²) in [6.07, 6.45) is 7.25. The fraction of sp³-hybridized carbons (Fsp3) is 0.545. The minimum atomic E-state index is -0.864. The molecule has 1 aliphatic carbocycles. The zero-order valence-corrected chi connectivity index (χ0v) is 33.7. The number of aromatic nitrogens is 3. The Morgan fingerprint density at radius 2 is 1.90 bits per heavy atom. The number of carbonyl (C=O) groups is 2. The number of carbonyl (C=O) groups excluding carboxylic acids is 2. The first-order valence-corrected chi connectivity index (χ1v) is 21.0. The molecule has 4 aromatic rings. The highest BCUT2D eigenvalue weighted by Gasteiger charge is 2.41. The van der Waals surface area contributed by atoms with Gasteiger partial charge in [-0.15, -0.1) is 0 Å². The van der Waals surface area contributed by atoms with Crippen molar-refractivity contribution < 1.29 is 29.3 Å². The summed E-state index contributed by atoms with van der Waals surface area (Å²) >= 11 is 0. The Kier molecular flexibility index (Phi) is 13.9. The second-order valence-corrected chi connectivity index (χ2v) is 16.2. The van der Waals surface area contributed by atoms with Crippen molar-refractivity contribution in [3.8, 4) is 5.75 Å². The summed E-state index contributed by atoms with van der Waals surface area (Å²) in [7, 11) is 0. The van der Waals surface area contributed by atoms with E-state index in [9.17, 15) is 24.6 Å². The van der Waals surface area contributed by atoms with Crippen LogP contribution in [0.2, 0.25) is 0 Å². The number of nitrogens with zero attached hydrogens (tertiary/aromatic N) is 5. The number of piperidine rings is 1. The summed E-state index contributed by atoms with van der Waals surface area (Å²) in [5.41, 5.74) is 3.26. The number of ether oxygens (including phenoxy) is 2. The van der Waals surface area contributed by atoms with E-state index in [0.29, 0.717) is 87.0 Å². The van der Waals surface area contributed by atoms with E-state index in [0.717, 1.165) is 51.9 Å². The first-order chi connectivity index (χ1) is 28.2. The van der Waals surface area contributed by atoms with Crippen LogP contribution in [-0.4, -0.2) is 129 Å². The maximum absolute atomic E-state index is 13.3. The molecule has 0 bridgehead atoms. The van der Waals surface area contributed by atoms with Crippen LogP contribution in [0.15, 0.2) is 65.6 Å². The molecule has 0 unspecified atom stereocenters. The minimum absolute atomic E-state index is 0.00696. The number of aromatic hydroxyl groups is 1. The molecule has 0 radical (unpaired) electrons. The lowest BCUT2D eigenvalue weighted by Crippen LogP contribution is -2.58. The molecule has 3 fully saturated rings. The molecular weight excluding hydrogens is 739 g/mol. The number of amides is 2. The molecule has 2 aromatic carbocycles. The summed E-state index contributed by atoms with van der Waals surface area (Å²) in [5.74, 6) is 0.706. The molecule has 7 rings (SSSR count). The second kappa shape index (κ2) is 19.4. The van der Waals surface area contributed by atoms with Crippen LogP contribution in [0, 0.1) is 5.92 Å². The summed E-state index contributed by atoms with van der Waals surface area (Å²) in [4.78, 5) is 47.0. The molecule has 312 valence electrons. The van der Waals surface area contributed by atoms with Gasteiger partial charge in [-0.05, 0) is 79.3 Å². The topological polar surface area (TPSA) is 165 Å². The lowest BCUT2D eigenvalue weighted by Gasteiger charge is -2.47. The Hall–Kier alpha value is -4.60. The molecule has 4 N–H and O–H groups in total. The fourth-order valence-corrected chi connectivity index (χ4v) is 8.24. The molecule has 2 amide bonds. The van der Waals surface area contributed by atoms with Crippen molar-refractivity contribution in [1.29, 1.82) is 0 Å². The molecule has 2 aromatic heterocycles. The van der Waals surface area contributed by atoms with E-state index < -0.39 is 6.10 Å². The smallest absolute Gasteiger partial charge is 0.274 e. The van der Waals surface area contributed by atoms with Gasteiger partial charge >= 0.3 is 0 Å². The largest absolute Gasteiger partial charge is 0.506 e. The molecule has 14 nitrogen and oxygen atoms in total. The molecule has 3 aliphatic rings. The predicted octanol–water partition coefficient (Wildman–Crippen LogP) is 3.86. The highest BCUT2D eigenvalue weighted by Crippen LogP contribution is 2.33. The molecule has 58 heavy (non-hydrogen) atoms. The minimum Gasteiger partial charge on any atom is -0.506 e. The van der Waals surface area contributed by atoms with Crippen LogP contribution in [0.1, 0.15) is 78.7 Å².